The van der Waals surface area contributed by atoms with Crippen molar-refractivity contribution < 1.29 is 19.1 Å². The Morgan fingerprint density at radius 2 is 1.90 bits per heavy atom. The summed E-state index contributed by atoms with van der Waals surface area (Å²) in [6.45, 7) is 5.14. The number of amides is 3. The van der Waals surface area contributed by atoms with Crippen LogP contribution in [0.4, 0.5) is 4.79 Å². The van der Waals surface area contributed by atoms with Crippen LogP contribution < -0.4 is 5.32 Å². The Morgan fingerprint density at radius 1 is 1.16 bits per heavy atom. The highest BCUT2D eigenvalue weighted by atomic mass is 16.5. The van der Waals surface area contributed by atoms with E-state index in [9.17, 15) is 14.4 Å². The number of imidazole rings is 1. The SMILES string of the molecule is CCCCN1C(=O)NC(=O)C1=Cc1cnc(CCC)n1Cc1ccc(C(=O)OC)cc1. The number of rotatable bonds is 9. The Hall–Kier alpha value is -3.42. The van der Waals surface area contributed by atoms with Crippen LogP contribution in [0, 0.1) is 0 Å². The molecule has 3 rings (SSSR count). The maximum Gasteiger partial charge on any atom is 0.337 e. The highest BCUT2D eigenvalue weighted by Gasteiger charge is 2.32. The zero-order chi connectivity index (χ0) is 22.4. The molecule has 31 heavy (non-hydrogen) atoms. The van der Waals surface area contributed by atoms with Crippen molar-refractivity contribution >= 4 is 24.0 Å². The largest absolute Gasteiger partial charge is 0.465 e. The molecule has 3 amide bonds. The Kier molecular flexibility index (Phi) is 7.23. The van der Waals surface area contributed by atoms with Crippen molar-refractivity contribution in [3.05, 3.63) is 58.8 Å². The van der Waals surface area contributed by atoms with Gasteiger partial charge >= 0.3 is 12.0 Å². The van der Waals surface area contributed by atoms with Gasteiger partial charge in [-0.2, -0.15) is 0 Å². The van der Waals surface area contributed by atoms with Crippen LogP contribution in [0.2, 0.25) is 0 Å². The lowest BCUT2D eigenvalue weighted by molar-refractivity contribution is -0.116. The zero-order valence-electron chi connectivity index (χ0n) is 18.2. The van der Waals surface area contributed by atoms with Gasteiger partial charge in [-0.25, -0.2) is 14.6 Å². The third-order valence-corrected chi connectivity index (χ3v) is 5.17. The van der Waals surface area contributed by atoms with Crippen LogP contribution in [0.25, 0.3) is 6.08 Å². The van der Waals surface area contributed by atoms with Crippen LogP contribution >= 0.6 is 0 Å². The van der Waals surface area contributed by atoms with E-state index in [-0.39, 0.29) is 12.0 Å². The van der Waals surface area contributed by atoms with E-state index >= 15 is 0 Å². The standard InChI is InChI=1S/C23H28N4O4/c1-4-6-12-26-19(21(28)25-23(26)30)13-18-14-24-20(7-5-2)27(18)15-16-8-10-17(11-9-16)22(29)31-3/h8-11,13-14H,4-7,12,15H2,1-3H3,(H,25,28,30). The smallest absolute Gasteiger partial charge is 0.337 e. The van der Waals surface area contributed by atoms with Gasteiger partial charge < -0.3 is 9.30 Å². The van der Waals surface area contributed by atoms with E-state index in [0.717, 1.165) is 42.8 Å². The van der Waals surface area contributed by atoms with Crippen LogP contribution in [0.3, 0.4) is 0 Å². The summed E-state index contributed by atoms with van der Waals surface area (Å²) >= 11 is 0. The Bertz CT molecular complexity index is 992. The summed E-state index contributed by atoms with van der Waals surface area (Å²) in [5.41, 5.74) is 2.56. The fourth-order valence-electron chi connectivity index (χ4n) is 3.48. The molecule has 1 aromatic carbocycles. The van der Waals surface area contributed by atoms with Crippen LogP contribution in [-0.4, -0.2) is 46.0 Å². The minimum Gasteiger partial charge on any atom is -0.465 e. The number of nitrogens with zero attached hydrogens (tertiary/aromatic N) is 3. The molecular formula is C23H28N4O4. The first-order valence-corrected chi connectivity index (χ1v) is 10.5. The van der Waals surface area contributed by atoms with Crippen molar-refractivity contribution in [1.82, 2.24) is 19.8 Å². The lowest BCUT2D eigenvalue weighted by Crippen LogP contribution is -2.28. The van der Waals surface area contributed by atoms with Gasteiger partial charge in [-0.15, -0.1) is 0 Å². The van der Waals surface area contributed by atoms with Crippen molar-refractivity contribution in [2.24, 2.45) is 0 Å². The molecule has 164 valence electrons. The van der Waals surface area contributed by atoms with Gasteiger partial charge in [0.25, 0.3) is 5.91 Å². The third kappa shape index (κ3) is 5.02. The molecule has 8 nitrogen and oxygen atoms in total. The number of benzene rings is 1. The van der Waals surface area contributed by atoms with E-state index in [1.54, 1.807) is 24.4 Å². The topological polar surface area (TPSA) is 93.5 Å². The lowest BCUT2D eigenvalue weighted by Gasteiger charge is -2.15. The summed E-state index contributed by atoms with van der Waals surface area (Å²) in [6.07, 6.45) is 6.90. The second kappa shape index (κ2) is 10.1. The predicted molar refractivity (Wildman–Crippen MR) is 116 cm³/mol. The van der Waals surface area contributed by atoms with Gasteiger partial charge in [0.2, 0.25) is 0 Å². The normalized spacial score (nSPS) is 14.9. The number of carbonyl (C=O) groups excluding carboxylic acids is 3. The minimum atomic E-state index is -0.395. The number of aryl methyl sites for hydroxylation is 1. The molecule has 1 aromatic heterocycles. The molecule has 0 unspecified atom stereocenters. The van der Waals surface area contributed by atoms with E-state index < -0.39 is 5.91 Å². The van der Waals surface area contributed by atoms with Crippen LogP contribution in [0.5, 0.6) is 0 Å². The average Bonchev–Trinajstić information content (AvgIpc) is 3.26. The Balaban J connectivity index is 1.93. The first-order chi connectivity index (χ1) is 15.0. The maximum absolute atomic E-state index is 12.4. The van der Waals surface area contributed by atoms with Gasteiger partial charge in [0, 0.05) is 19.5 Å². The Labute approximate surface area is 181 Å². The minimum absolute atomic E-state index is 0.337. The average molecular weight is 425 g/mol. The number of nitrogens with one attached hydrogen (secondary N) is 1. The number of imide groups is 1. The van der Waals surface area contributed by atoms with Gasteiger partial charge in [-0.1, -0.05) is 32.4 Å². The maximum atomic E-state index is 12.4. The van der Waals surface area contributed by atoms with Crippen molar-refractivity contribution in [3.8, 4) is 0 Å². The number of unbranched alkanes of at least 4 members (excludes halogenated alkanes) is 1. The van der Waals surface area contributed by atoms with Crippen molar-refractivity contribution in [2.45, 2.75) is 46.1 Å². The molecule has 0 atom stereocenters. The molecule has 0 radical (unpaired) electrons. The first kappa shape index (κ1) is 22.3. The summed E-state index contributed by atoms with van der Waals surface area (Å²) in [5.74, 6) is 0.125. The molecule has 8 heteroatoms. The third-order valence-electron chi connectivity index (χ3n) is 5.17. The second-order valence-corrected chi connectivity index (χ2v) is 7.42. The van der Waals surface area contributed by atoms with Gasteiger partial charge in [-0.05, 0) is 36.6 Å². The second-order valence-electron chi connectivity index (χ2n) is 7.42. The number of aromatic nitrogens is 2. The molecular weight excluding hydrogens is 396 g/mol. The number of ether oxygens (including phenoxy) is 1. The fourth-order valence-corrected chi connectivity index (χ4v) is 3.48. The summed E-state index contributed by atoms with van der Waals surface area (Å²) < 4.78 is 6.79. The van der Waals surface area contributed by atoms with E-state index in [1.165, 1.54) is 12.0 Å². The summed E-state index contributed by atoms with van der Waals surface area (Å²) in [7, 11) is 1.35. The molecule has 0 aliphatic carbocycles. The van der Waals surface area contributed by atoms with Crippen LogP contribution in [0.1, 0.15) is 60.5 Å². The summed E-state index contributed by atoms with van der Waals surface area (Å²) in [5, 5.41) is 2.38. The van der Waals surface area contributed by atoms with E-state index in [1.807, 2.05) is 23.6 Å². The molecule has 0 saturated carbocycles. The van der Waals surface area contributed by atoms with Crippen molar-refractivity contribution in [2.75, 3.05) is 13.7 Å². The lowest BCUT2D eigenvalue weighted by atomic mass is 10.1. The molecule has 1 aliphatic heterocycles. The van der Waals surface area contributed by atoms with Crippen LogP contribution in [0.15, 0.2) is 36.2 Å². The number of carbonyl (C=O) groups is 3. The predicted octanol–water partition coefficient (Wildman–Crippen LogP) is 3.36. The monoisotopic (exact) mass is 424 g/mol. The van der Waals surface area contributed by atoms with E-state index in [0.29, 0.717) is 24.4 Å². The van der Waals surface area contributed by atoms with Crippen LogP contribution in [-0.2, 0) is 22.5 Å². The number of esters is 1. The summed E-state index contributed by atoms with van der Waals surface area (Å²) in [4.78, 5) is 42.3. The first-order valence-electron chi connectivity index (χ1n) is 10.5. The van der Waals surface area contributed by atoms with Gasteiger partial charge in [-0.3, -0.25) is 15.0 Å². The fraction of sp³-hybridized carbons (Fsp3) is 0.391. The molecule has 2 heterocycles. The molecule has 2 aromatic rings. The molecule has 1 fully saturated rings. The van der Waals surface area contributed by atoms with E-state index in [2.05, 4.69) is 17.2 Å². The zero-order valence-corrected chi connectivity index (χ0v) is 18.2. The van der Waals surface area contributed by atoms with Crippen molar-refractivity contribution in [1.29, 1.82) is 0 Å². The van der Waals surface area contributed by atoms with Crippen molar-refractivity contribution in [3.63, 3.8) is 0 Å². The highest BCUT2D eigenvalue weighted by molar-refractivity contribution is 6.13. The van der Waals surface area contributed by atoms with Gasteiger partial charge in [0.05, 0.1) is 24.6 Å². The molecule has 0 spiro atoms. The number of methoxy groups -OCH3 is 1. The van der Waals surface area contributed by atoms with E-state index in [4.69, 9.17) is 4.74 Å². The van der Waals surface area contributed by atoms with Gasteiger partial charge in [0.15, 0.2) is 0 Å². The Morgan fingerprint density at radius 3 is 2.55 bits per heavy atom. The number of hydrogen-bond acceptors (Lipinski definition) is 5. The molecule has 1 N–H and O–H groups in total. The molecule has 1 aliphatic rings. The van der Waals surface area contributed by atoms with Gasteiger partial charge in [0.1, 0.15) is 11.5 Å². The number of hydrogen-bond donors (Lipinski definition) is 1. The molecule has 0 bridgehead atoms. The molecule has 1 saturated heterocycles. The quantitative estimate of drug-likeness (QED) is 0.378. The summed E-state index contributed by atoms with van der Waals surface area (Å²) in [6, 6.07) is 6.82. The number of urea groups is 1. The highest BCUT2D eigenvalue weighted by Crippen LogP contribution is 2.20.